The van der Waals surface area contributed by atoms with E-state index in [9.17, 15) is 0 Å². The van der Waals surface area contributed by atoms with Gasteiger partial charge in [0.15, 0.2) is 0 Å². The van der Waals surface area contributed by atoms with Crippen molar-refractivity contribution < 1.29 is 4.74 Å². The van der Waals surface area contributed by atoms with E-state index in [1.54, 1.807) is 12.4 Å². The lowest BCUT2D eigenvalue weighted by molar-refractivity contribution is 0.173. The third-order valence-electron chi connectivity index (χ3n) is 3.10. The van der Waals surface area contributed by atoms with Crippen LogP contribution in [-0.4, -0.2) is 17.1 Å². The van der Waals surface area contributed by atoms with Crippen LogP contribution >= 0.6 is 15.9 Å². The molecule has 2 N–H and O–H groups in total. The Morgan fingerprint density at radius 3 is 2.81 bits per heavy atom. The fourth-order valence-corrected chi connectivity index (χ4v) is 2.47. The van der Waals surface area contributed by atoms with Crippen molar-refractivity contribution >= 4 is 15.9 Å². The van der Waals surface area contributed by atoms with Crippen LogP contribution in [0.25, 0.3) is 0 Å². The minimum atomic E-state index is -0.138. The molecule has 3 nitrogen and oxygen atoms in total. The van der Waals surface area contributed by atoms with Crippen molar-refractivity contribution in [1.29, 1.82) is 0 Å². The van der Waals surface area contributed by atoms with Gasteiger partial charge in [0.25, 0.3) is 0 Å². The van der Waals surface area contributed by atoms with Gasteiger partial charge in [0.2, 0.25) is 0 Å². The molecule has 0 aliphatic heterocycles. The molecule has 1 aliphatic rings. The Morgan fingerprint density at radius 2 is 2.12 bits per heavy atom. The van der Waals surface area contributed by atoms with Gasteiger partial charge in [-0.1, -0.05) is 19.3 Å². The van der Waals surface area contributed by atoms with E-state index in [-0.39, 0.29) is 5.54 Å². The molecule has 0 radical (unpaired) electrons. The molecule has 1 heterocycles. The van der Waals surface area contributed by atoms with Crippen LogP contribution in [-0.2, 0) is 0 Å². The van der Waals surface area contributed by atoms with Crippen molar-refractivity contribution in [3.8, 4) is 5.75 Å². The maximum absolute atomic E-state index is 6.30. The molecule has 0 saturated heterocycles. The number of aromatic nitrogens is 1. The number of halogens is 1. The fourth-order valence-electron chi connectivity index (χ4n) is 2.10. The van der Waals surface area contributed by atoms with Crippen LogP contribution < -0.4 is 10.5 Å². The number of nitrogens with two attached hydrogens (primary N) is 1. The predicted octanol–water partition coefficient (Wildman–Crippen LogP) is 2.88. The molecule has 16 heavy (non-hydrogen) atoms. The molecule has 0 bridgehead atoms. The SMILES string of the molecule is NC1(COc2ccncc2Br)CCCCC1. The van der Waals surface area contributed by atoms with Gasteiger partial charge in [-0.2, -0.15) is 0 Å². The smallest absolute Gasteiger partial charge is 0.136 e. The van der Waals surface area contributed by atoms with E-state index in [2.05, 4.69) is 20.9 Å². The molecule has 88 valence electrons. The first-order valence-corrected chi connectivity index (χ1v) is 6.50. The third kappa shape index (κ3) is 2.95. The van der Waals surface area contributed by atoms with E-state index in [0.717, 1.165) is 23.1 Å². The second-order valence-electron chi connectivity index (χ2n) is 4.52. The van der Waals surface area contributed by atoms with E-state index in [0.29, 0.717) is 6.61 Å². The van der Waals surface area contributed by atoms with Crippen LogP contribution in [0.3, 0.4) is 0 Å². The zero-order valence-corrected chi connectivity index (χ0v) is 10.9. The van der Waals surface area contributed by atoms with Crippen LogP contribution in [0.2, 0.25) is 0 Å². The van der Waals surface area contributed by atoms with Gasteiger partial charge >= 0.3 is 0 Å². The van der Waals surface area contributed by atoms with Crippen LogP contribution in [0.1, 0.15) is 32.1 Å². The molecular formula is C12H17BrN2O. The van der Waals surface area contributed by atoms with E-state index in [1.807, 2.05) is 6.07 Å². The van der Waals surface area contributed by atoms with E-state index < -0.39 is 0 Å². The first-order valence-electron chi connectivity index (χ1n) is 5.71. The highest BCUT2D eigenvalue weighted by atomic mass is 79.9. The zero-order valence-electron chi connectivity index (χ0n) is 9.29. The van der Waals surface area contributed by atoms with Gasteiger partial charge < -0.3 is 10.5 Å². The summed E-state index contributed by atoms with van der Waals surface area (Å²) in [5.41, 5.74) is 6.16. The molecule has 1 aromatic heterocycles. The molecule has 1 aliphatic carbocycles. The maximum atomic E-state index is 6.30. The Labute approximate surface area is 105 Å². The van der Waals surface area contributed by atoms with Crippen molar-refractivity contribution in [1.82, 2.24) is 4.98 Å². The summed E-state index contributed by atoms with van der Waals surface area (Å²) in [4.78, 5) is 4.00. The van der Waals surface area contributed by atoms with Crippen LogP contribution in [0.15, 0.2) is 22.9 Å². The average Bonchev–Trinajstić information content (AvgIpc) is 2.29. The van der Waals surface area contributed by atoms with Crippen molar-refractivity contribution in [3.05, 3.63) is 22.9 Å². The second-order valence-corrected chi connectivity index (χ2v) is 5.37. The number of hydrogen-bond donors (Lipinski definition) is 1. The highest BCUT2D eigenvalue weighted by Crippen LogP contribution is 2.28. The molecule has 2 rings (SSSR count). The molecule has 0 aromatic carbocycles. The Kier molecular flexibility index (Phi) is 3.82. The summed E-state index contributed by atoms with van der Waals surface area (Å²) in [6.07, 6.45) is 9.33. The lowest BCUT2D eigenvalue weighted by atomic mass is 9.83. The first kappa shape index (κ1) is 11.9. The first-order chi connectivity index (χ1) is 7.70. The lowest BCUT2D eigenvalue weighted by Crippen LogP contribution is -2.47. The molecule has 0 amide bonds. The Hall–Kier alpha value is -0.610. The number of nitrogens with zero attached hydrogens (tertiary/aromatic N) is 1. The maximum Gasteiger partial charge on any atom is 0.136 e. The molecule has 0 spiro atoms. The Balaban J connectivity index is 1.94. The summed E-state index contributed by atoms with van der Waals surface area (Å²) in [5, 5.41) is 0. The van der Waals surface area contributed by atoms with Crippen molar-refractivity contribution in [3.63, 3.8) is 0 Å². The minimum absolute atomic E-state index is 0.138. The fraction of sp³-hybridized carbons (Fsp3) is 0.583. The van der Waals surface area contributed by atoms with Crippen molar-refractivity contribution in [2.24, 2.45) is 5.73 Å². The van der Waals surface area contributed by atoms with E-state index in [4.69, 9.17) is 10.5 Å². The van der Waals surface area contributed by atoms with Crippen molar-refractivity contribution in [2.45, 2.75) is 37.6 Å². The van der Waals surface area contributed by atoms with Crippen LogP contribution in [0.5, 0.6) is 5.75 Å². The van der Waals surface area contributed by atoms with Crippen LogP contribution in [0, 0.1) is 0 Å². The summed E-state index contributed by atoms with van der Waals surface area (Å²) in [5.74, 6) is 0.824. The van der Waals surface area contributed by atoms with Gasteiger partial charge in [-0.15, -0.1) is 0 Å². The lowest BCUT2D eigenvalue weighted by Gasteiger charge is -2.33. The van der Waals surface area contributed by atoms with Gasteiger partial charge in [0, 0.05) is 12.4 Å². The van der Waals surface area contributed by atoms with Gasteiger partial charge in [-0.3, -0.25) is 4.98 Å². The Morgan fingerprint density at radius 1 is 1.38 bits per heavy atom. The summed E-state index contributed by atoms with van der Waals surface area (Å²) >= 11 is 3.41. The number of hydrogen-bond acceptors (Lipinski definition) is 3. The third-order valence-corrected chi connectivity index (χ3v) is 3.70. The summed E-state index contributed by atoms with van der Waals surface area (Å²) in [6, 6.07) is 1.86. The normalized spacial score (nSPS) is 19.4. The molecule has 4 heteroatoms. The van der Waals surface area contributed by atoms with Gasteiger partial charge in [0.1, 0.15) is 12.4 Å². The minimum Gasteiger partial charge on any atom is -0.490 e. The summed E-state index contributed by atoms with van der Waals surface area (Å²) < 4.78 is 6.65. The monoisotopic (exact) mass is 284 g/mol. The molecule has 1 aromatic rings. The number of pyridine rings is 1. The zero-order chi connectivity index (χ0) is 11.4. The molecule has 1 fully saturated rings. The van der Waals surface area contributed by atoms with Gasteiger partial charge in [-0.05, 0) is 34.8 Å². The second kappa shape index (κ2) is 5.15. The Bertz CT molecular complexity index is 351. The highest BCUT2D eigenvalue weighted by molar-refractivity contribution is 9.10. The topological polar surface area (TPSA) is 48.1 Å². The quantitative estimate of drug-likeness (QED) is 0.929. The standard InChI is InChI=1S/C12H17BrN2O/c13-10-8-15-7-4-11(10)16-9-12(14)5-2-1-3-6-12/h4,7-8H,1-3,5-6,9,14H2. The predicted molar refractivity (Wildman–Crippen MR) is 67.4 cm³/mol. The summed E-state index contributed by atoms with van der Waals surface area (Å²) in [6.45, 7) is 0.593. The van der Waals surface area contributed by atoms with Gasteiger partial charge in [0.05, 0.1) is 10.0 Å². The number of rotatable bonds is 3. The van der Waals surface area contributed by atoms with Gasteiger partial charge in [-0.25, -0.2) is 0 Å². The van der Waals surface area contributed by atoms with E-state index >= 15 is 0 Å². The molecule has 0 unspecified atom stereocenters. The largest absolute Gasteiger partial charge is 0.490 e. The highest BCUT2D eigenvalue weighted by Gasteiger charge is 2.28. The average molecular weight is 285 g/mol. The van der Waals surface area contributed by atoms with E-state index in [1.165, 1.54) is 19.3 Å². The molecule has 1 saturated carbocycles. The van der Waals surface area contributed by atoms with Crippen LogP contribution in [0.4, 0.5) is 0 Å². The summed E-state index contributed by atoms with van der Waals surface area (Å²) in [7, 11) is 0. The molecule has 0 atom stereocenters. The van der Waals surface area contributed by atoms with Crippen molar-refractivity contribution in [2.75, 3.05) is 6.61 Å². The molecular weight excluding hydrogens is 268 g/mol. The number of ether oxygens (including phenoxy) is 1.